The summed E-state index contributed by atoms with van der Waals surface area (Å²) in [4.78, 5) is 24.4. The Morgan fingerprint density at radius 1 is 0.828 bits per heavy atom. The zero-order valence-corrected chi connectivity index (χ0v) is 16.0. The van der Waals surface area contributed by atoms with E-state index in [1.807, 2.05) is 60.7 Å². The van der Waals surface area contributed by atoms with Crippen molar-refractivity contribution in [3.8, 4) is 11.5 Å². The lowest BCUT2D eigenvalue weighted by Crippen LogP contribution is -2.45. The number of urea groups is 1. The third-order valence-electron chi connectivity index (χ3n) is 4.16. The highest BCUT2D eigenvalue weighted by Gasteiger charge is 2.22. The highest BCUT2D eigenvalue weighted by molar-refractivity contribution is 5.92. The van der Waals surface area contributed by atoms with Gasteiger partial charge in [0.1, 0.15) is 17.5 Å². The van der Waals surface area contributed by atoms with Crippen LogP contribution in [-0.4, -0.2) is 25.2 Å². The number of rotatable bonds is 7. The third kappa shape index (κ3) is 6.10. The van der Waals surface area contributed by atoms with Crippen molar-refractivity contribution in [2.75, 3.05) is 12.4 Å². The molecule has 6 heteroatoms. The predicted molar refractivity (Wildman–Crippen MR) is 111 cm³/mol. The van der Waals surface area contributed by atoms with Crippen LogP contribution >= 0.6 is 0 Å². The minimum Gasteiger partial charge on any atom is -0.467 e. The second kappa shape index (κ2) is 9.94. The third-order valence-corrected chi connectivity index (χ3v) is 4.16. The molecule has 0 aliphatic heterocycles. The lowest BCUT2D eigenvalue weighted by Gasteiger charge is -2.17. The highest BCUT2D eigenvalue weighted by Crippen LogP contribution is 2.22. The van der Waals surface area contributed by atoms with E-state index >= 15 is 0 Å². The van der Waals surface area contributed by atoms with E-state index in [0.717, 1.165) is 11.3 Å². The van der Waals surface area contributed by atoms with Crippen LogP contribution in [0.3, 0.4) is 0 Å². The first-order valence-electron chi connectivity index (χ1n) is 9.16. The van der Waals surface area contributed by atoms with Crippen LogP contribution in [0.25, 0.3) is 0 Å². The molecule has 1 unspecified atom stereocenters. The molecule has 0 heterocycles. The summed E-state index contributed by atoms with van der Waals surface area (Å²) in [6, 6.07) is 24.5. The molecule has 148 valence electrons. The molecule has 0 aliphatic carbocycles. The van der Waals surface area contributed by atoms with Crippen LogP contribution in [-0.2, 0) is 16.0 Å². The Morgan fingerprint density at radius 2 is 1.41 bits per heavy atom. The fourth-order valence-corrected chi connectivity index (χ4v) is 2.74. The van der Waals surface area contributed by atoms with Gasteiger partial charge in [-0.2, -0.15) is 0 Å². The monoisotopic (exact) mass is 390 g/mol. The molecule has 0 fully saturated rings. The number of para-hydroxylation sites is 1. The zero-order valence-electron chi connectivity index (χ0n) is 16.0. The molecule has 3 aromatic carbocycles. The van der Waals surface area contributed by atoms with E-state index in [1.54, 1.807) is 24.3 Å². The first-order chi connectivity index (χ1) is 14.1. The molecule has 0 saturated carbocycles. The number of hydrogen-bond donors (Lipinski definition) is 2. The van der Waals surface area contributed by atoms with Crippen molar-refractivity contribution in [3.05, 3.63) is 90.5 Å². The minimum atomic E-state index is -0.789. The Morgan fingerprint density at radius 3 is 2.03 bits per heavy atom. The molecule has 6 nitrogen and oxygen atoms in total. The second-order valence-electron chi connectivity index (χ2n) is 6.30. The molecule has 29 heavy (non-hydrogen) atoms. The maximum atomic E-state index is 12.3. The number of benzene rings is 3. The van der Waals surface area contributed by atoms with E-state index in [4.69, 9.17) is 9.47 Å². The average Bonchev–Trinajstić information content (AvgIpc) is 2.75. The second-order valence-corrected chi connectivity index (χ2v) is 6.30. The van der Waals surface area contributed by atoms with Gasteiger partial charge in [-0.15, -0.1) is 0 Å². The smallest absolute Gasteiger partial charge is 0.328 e. The van der Waals surface area contributed by atoms with Gasteiger partial charge in [-0.25, -0.2) is 9.59 Å². The zero-order chi connectivity index (χ0) is 20.5. The number of ether oxygens (including phenoxy) is 2. The fraction of sp³-hybridized carbons (Fsp3) is 0.130. The number of carbonyl (C=O) groups is 2. The molecule has 0 aromatic heterocycles. The predicted octanol–water partition coefficient (Wildman–Crippen LogP) is 4.38. The molecular formula is C23H22N2O4. The van der Waals surface area contributed by atoms with E-state index in [-0.39, 0.29) is 0 Å². The maximum Gasteiger partial charge on any atom is 0.328 e. The number of anilines is 1. The van der Waals surface area contributed by atoms with Crippen molar-refractivity contribution in [3.63, 3.8) is 0 Å². The molecule has 3 aromatic rings. The Kier molecular flexibility index (Phi) is 6.84. The van der Waals surface area contributed by atoms with E-state index in [1.165, 1.54) is 7.11 Å². The summed E-state index contributed by atoms with van der Waals surface area (Å²) in [6.45, 7) is 0. The van der Waals surface area contributed by atoms with Gasteiger partial charge in [0, 0.05) is 12.1 Å². The molecule has 3 rings (SSSR count). The number of methoxy groups -OCH3 is 1. The molecule has 0 spiro atoms. The lowest BCUT2D eigenvalue weighted by atomic mass is 10.1. The normalized spacial score (nSPS) is 11.2. The van der Waals surface area contributed by atoms with Crippen molar-refractivity contribution in [2.45, 2.75) is 12.5 Å². The van der Waals surface area contributed by atoms with Gasteiger partial charge >= 0.3 is 12.0 Å². The molecule has 0 aliphatic rings. The summed E-state index contributed by atoms with van der Waals surface area (Å²) in [7, 11) is 1.30. The van der Waals surface area contributed by atoms with Gasteiger partial charge in [0.15, 0.2) is 0 Å². The molecular weight excluding hydrogens is 368 g/mol. The van der Waals surface area contributed by atoms with Gasteiger partial charge in [0.25, 0.3) is 0 Å². The highest BCUT2D eigenvalue weighted by atomic mass is 16.5. The van der Waals surface area contributed by atoms with Crippen LogP contribution in [0.15, 0.2) is 84.9 Å². The summed E-state index contributed by atoms with van der Waals surface area (Å²) in [5.41, 5.74) is 1.50. The Bertz CT molecular complexity index is 928. The van der Waals surface area contributed by atoms with Crippen molar-refractivity contribution in [1.82, 2.24) is 5.32 Å². The quantitative estimate of drug-likeness (QED) is 0.587. The number of hydrogen-bond acceptors (Lipinski definition) is 4. The maximum absolute atomic E-state index is 12.3. The first kappa shape index (κ1) is 19.9. The Hall–Kier alpha value is -3.80. The van der Waals surface area contributed by atoms with Crippen molar-refractivity contribution < 1.29 is 19.1 Å². The summed E-state index contributed by atoms with van der Waals surface area (Å²) < 4.78 is 10.5. The van der Waals surface area contributed by atoms with Crippen LogP contribution < -0.4 is 15.4 Å². The summed E-state index contributed by atoms with van der Waals surface area (Å²) in [6.07, 6.45) is 0.338. The molecule has 2 N–H and O–H groups in total. The number of esters is 1. The molecule has 0 saturated heterocycles. The van der Waals surface area contributed by atoms with E-state index < -0.39 is 18.0 Å². The van der Waals surface area contributed by atoms with Crippen LogP contribution in [0.4, 0.5) is 10.5 Å². The Balaban J connectivity index is 1.58. The van der Waals surface area contributed by atoms with Crippen molar-refractivity contribution >= 4 is 17.7 Å². The first-order valence-corrected chi connectivity index (χ1v) is 9.16. The van der Waals surface area contributed by atoms with Crippen LogP contribution in [0.5, 0.6) is 11.5 Å². The Labute approximate surface area is 169 Å². The van der Waals surface area contributed by atoms with E-state index in [0.29, 0.717) is 17.9 Å². The van der Waals surface area contributed by atoms with Crippen LogP contribution in [0.1, 0.15) is 5.56 Å². The van der Waals surface area contributed by atoms with Crippen LogP contribution in [0, 0.1) is 0 Å². The number of nitrogens with one attached hydrogen (secondary N) is 2. The standard InChI is InChI=1S/C23H22N2O4/c1-28-22(26)21(16-17-8-4-2-5-9-17)25-23(27)24-18-12-14-20(15-13-18)29-19-10-6-3-7-11-19/h2-15,21H,16H2,1H3,(H2,24,25,27). The van der Waals surface area contributed by atoms with Crippen molar-refractivity contribution in [1.29, 1.82) is 0 Å². The lowest BCUT2D eigenvalue weighted by molar-refractivity contribution is -0.142. The molecule has 2 amide bonds. The number of carbonyl (C=O) groups excluding carboxylic acids is 2. The van der Waals surface area contributed by atoms with Gasteiger partial charge in [0.2, 0.25) is 0 Å². The van der Waals surface area contributed by atoms with Crippen LogP contribution in [0.2, 0.25) is 0 Å². The van der Waals surface area contributed by atoms with Gasteiger partial charge in [0.05, 0.1) is 7.11 Å². The average molecular weight is 390 g/mol. The topological polar surface area (TPSA) is 76.7 Å². The molecule has 1 atom stereocenters. The summed E-state index contributed by atoms with van der Waals surface area (Å²) in [5, 5.41) is 5.38. The van der Waals surface area contributed by atoms with E-state index in [2.05, 4.69) is 10.6 Å². The molecule has 0 radical (unpaired) electrons. The van der Waals surface area contributed by atoms with E-state index in [9.17, 15) is 9.59 Å². The summed E-state index contributed by atoms with van der Waals surface area (Å²) >= 11 is 0. The van der Waals surface area contributed by atoms with Gasteiger partial charge in [-0.05, 0) is 42.0 Å². The van der Waals surface area contributed by atoms with Gasteiger partial charge in [-0.3, -0.25) is 0 Å². The SMILES string of the molecule is COC(=O)C(Cc1ccccc1)NC(=O)Nc1ccc(Oc2ccccc2)cc1. The molecule has 0 bridgehead atoms. The minimum absolute atomic E-state index is 0.338. The fourth-order valence-electron chi connectivity index (χ4n) is 2.74. The summed E-state index contributed by atoms with van der Waals surface area (Å²) in [5.74, 6) is 0.877. The largest absolute Gasteiger partial charge is 0.467 e. The van der Waals surface area contributed by atoms with Gasteiger partial charge < -0.3 is 20.1 Å². The number of amides is 2. The van der Waals surface area contributed by atoms with Gasteiger partial charge in [-0.1, -0.05) is 48.5 Å². The van der Waals surface area contributed by atoms with Crippen molar-refractivity contribution in [2.24, 2.45) is 0 Å².